The van der Waals surface area contributed by atoms with E-state index in [-0.39, 0.29) is 30.5 Å². The van der Waals surface area contributed by atoms with Gasteiger partial charge in [0.25, 0.3) is 0 Å². The number of carbonyl (C=O) groups excluding carboxylic acids is 1. The Balaban J connectivity index is 0.000000963. The maximum Gasteiger partial charge on any atom is 0.320 e. The zero-order valence-electron chi connectivity index (χ0n) is 9.48. The van der Waals surface area contributed by atoms with Crippen LogP contribution < -0.4 is 5.73 Å². The zero-order valence-corrected chi connectivity index (χ0v) is 10.3. The van der Waals surface area contributed by atoms with E-state index in [9.17, 15) is 4.79 Å². The average molecular weight is 246 g/mol. The molecule has 0 atom stereocenters. The second-order valence-electron chi connectivity index (χ2n) is 5.78. The lowest BCUT2D eigenvalue weighted by molar-refractivity contribution is -0.184. The fourth-order valence-electron chi connectivity index (χ4n) is 4.44. The molecule has 0 heterocycles. The van der Waals surface area contributed by atoms with Crippen LogP contribution in [-0.2, 0) is 9.53 Å². The van der Waals surface area contributed by atoms with Crippen LogP contribution >= 0.6 is 12.4 Å². The molecule has 0 amide bonds. The van der Waals surface area contributed by atoms with Crippen molar-refractivity contribution in [2.24, 2.45) is 23.5 Å². The molecule has 0 aromatic rings. The summed E-state index contributed by atoms with van der Waals surface area (Å²) in [5.74, 6) is 2.25. The van der Waals surface area contributed by atoms with Crippen LogP contribution in [0.15, 0.2) is 0 Å². The van der Waals surface area contributed by atoms with E-state index in [1.54, 1.807) is 0 Å². The number of hydrogen-bond donors (Lipinski definition) is 1. The van der Waals surface area contributed by atoms with Crippen molar-refractivity contribution in [3.8, 4) is 0 Å². The van der Waals surface area contributed by atoms with E-state index in [1.165, 1.54) is 19.3 Å². The lowest BCUT2D eigenvalue weighted by Crippen LogP contribution is -2.53. The maximum absolute atomic E-state index is 11.3. The van der Waals surface area contributed by atoms with Crippen molar-refractivity contribution in [2.45, 2.75) is 44.1 Å². The summed E-state index contributed by atoms with van der Waals surface area (Å²) < 4.78 is 5.64. The van der Waals surface area contributed by atoms with Gasteiger partial charge in [-0.25, -0.2) is 0 Å². The van der Waals surface area contributed by atoms with Crippen molar-refractivity contribution in [1.29, 1.82) is 0 Å². The van der Waals surface area contributed by atoms with Gasteiger partial charge in [0.05, 0.1) is 6.54 Å². The molecule has 0 radical (unpaired) electrons. The summed E-state index contributed by atoms with van der Waals surface area (Å²) in [5, 5.41) is 0. The minimum absolute atomic E-state index is 0. The Morgan fingerprint density at radius 1 is 1.12 bits per heavy atom. The molecule has 4 rings (SSSR count). The second kappa shape index (κ2) is 4.19. The van der Waals surface area contributed by atoms with Gasteiger partial charge in [0.15, 0.2) is 0 Å². The van der Waals surface area contributed by atoms with Gasteiger partial charge in [-0.3, -0.25) is 4.79 Å². The van der Waals surface area contributed by atoms with Crippen LogP contribution in [0, 0.1) is 17.8 Å². The first-order valence-corrected chi connectivity index (χ1v) is 6.11. The Bertz CT molecular complexity index is 257. The molecular formula is C12H20ClNO2. The molecule has 2 N–H and O–H groups in total. The average Bonchev–Trinajstić information content (AvgIpc) is 2.14. The van der Waals surface area contributed by atoms with Crippen LogP contribution in [-0.4, -0.2) is 18.1 Å². The summed E-state index contributed by atoms with van der Waals surface area (Å²) in [6, 6.07) is 0. The first-order chi connectivity index (χ1) is 7.19. The Kier molecular flexibility index (Phi) is 3.19. The predicted molar refractivity (Wildman–Crippen MR) is 63.3 cm³/mol. The minimum atomic E-state index is -0.211. The Hall–Kier alpha value is -0.280. The highest BCUT2D eigenvalue weighted by Gasteiger charge is 2.53. The molecule has 0 saturated heterocycles. The Morgan fingerprint density at radius 3 is 1.94 bits per heavy atom. The van der Waals surface area contributed by atoms with Crippen molar-refractivity contribution in [1.82, 2.24) is 0 Å². The topological polar surface area (TPSA) is 52.3 Å². The fraction of sp³-hybridized carbons (Fsp3) is 0.917. The first-order valence-electron chi connectivity index (χ1n) is 6.11. The molecule has 16 heavy (non-hydrogen) atoms. The van der Waals surface area contributed by atoms with E-state index in [4.69, 9.17) is 10.5 Å². The van der Waals surface area contributed by atoms with E-state index < -0.39 is 0 Å². The minimum Gasteiger partial charge on any atom is -0.458 e. The second-order valence-corrected chi connectivity index (χ2v) is 5.78. The quantitative estimate of drug-likeness (QED) is 0.756. The summed E-state index contributed by atoms with van der Waals surface area (Å²) >= 11 is 0. The van der Waals surface area contributed by atoms with Gasteiger partial charge in [-0.1, -0.05) is 0 Å². The van der Waals surface area contributed by atoms with Gasteiger partial charge in [0.2, 0.25) is 0 Å². The van der Waals surface area contributed by atoms with Crippen molar-refractivity contribution in [3.05, 3.63) is 0 Å². The molecule has 4 heteroatoms. The molecule has 0 aromatic carbocycles. The third-order valence-corrected chi connectivity index (χ3v) is 4.48. The van der Waals surface area contributed by atoms with E-state index >= 15 is 0 Å². The van der Waals surface area contributed by atoms with Crippen LogP contribution in [0.4, 0.5) is 0 Å². The largest absolute Gasteiger partial charge is 0.458 e. The van der Waals surface area contributed by atoms with Gasteiger partial charge < -0.3 is 10.5 Å². The van der Waals surface area contributed by atoms with E-state index in [1.807, 2.05) is 0 Å². The molecule has 3 nitrogen and oxygen atoms in total. The standard InChI is InChI=1S/C12H19NO2.ClH/c13-7-11(14)15-12-4-8-1-9(5-12)3-10(2-8)6-12;/h8-10H,1-7,13H2;1H. The van der Waals surface area contributed by atoms with E-state index in [0.717, 1.165) is 37.0 Å². The molecule has 0 aromatic heterocycles. The lowest BCUT2D eigenvalue weighted by Gasteiger charge is -2.55. The number of esters is 1. The van der Waals surface area contributed by atoms with Crippen LogP contribution in [0.1, 0.15) is 38.5 Å². The molecule has 4 saturated carbocycles. The van der Waals surface area contributed by atoms with Gasteiger partial charge in [0.1, 0.15) is 5.60 Å². The normalized spacial score (nSPS) is 43.9. The molecule has 0 aliphatic heterocycles. The van der Waals surface area contributed by atoms with Crippen molar-refractivity contribution in [3.63, 3.8) is 0 Å². The smallest absolute Gasteiger partial charge is 0.320 e. The van der Waals surface area contributed by atoms with Crippen molar-refractivity contribution >= 4 is 18.4 Å². The molecular weight excluding hydrogens is 226 g/mol. The van der Waals surface area contributed by atoms with E-state index in [0.29, 0.717) is 0 Å². The monoisotopic (exact) mass is 245 g/mol. The molecule has 4 aliphatic rings. The number of hydrogen-bond acceptors (Lipinski definition) is 3. The van der Waals surface area contributed by atoms with Gasteiger partial charge in [-0.2, -0.15) is 0 Å². The molecule has 4 aliphatic carbocycles. The van der Waals surface area contributed by atoms with Gasteiger partial charge in [-0.15, -0.1) is 12.4 Å². The van der Waals surface area contributed by atoms with Gasteiger partial charge in [0, 0.05) is 0 Å². The summed E-state index contributed by atoms with van der Waals surface area (Å²) in [6.45, 7) is 0.0295. The Labute approximate surface area is 103 Å². The molecule has 92 valence electrons. The SMILES string of the molecule is Cl.NCC(=O)OC12CC3CC(CC(C3)C1)C2. The summed E-state index contributed by atoms with van der Waals surface area (Å²) in [6.07, 6.45) is 7.43. The number of carbonyl (C=O) groups is 1. The van der Waals surface area contributed by atoms with Crippen LogP contribution in [0.5, 0.6) is 0 Å². The highest BCUT2D eigenvalue weighted by molar-refractivity contribution is 5.85. The lowest BCUT2D eigenvalue weighted by atomic mass is 9.54. The maximum atomic E-state index is 11.3. The van der Waals surface area contributed by atoms with Crippen molar-refractivity contribution in [2.75, 3.05) is 6.54 Å². The molecule has 0 spiro atoms. The van der Waals surface area contributed by atoms with Crippen LogP contribution in [0.3, 0.4) is 0 Å². The van der Waals surface area contributed by atoms with Gasteiger partial charge >= 0.3 is 5.97 Å². The summed E-state index contributed by atoms with van der Waals surface area (Å²) in [7, 11) is 0. The zero-order chi connectivity index (χ0) is 10.5. The molecule has 0 unspecified atom stereocenters. The Morgan fingerprint density at radius 2 is 1.56 bits per heavy atom. The van der Waals surface area contributed by atoms with E-state index in [2.05, 4.69) is 0 Å². The predicted octanol–water partition coefficient (Wildman–Crippen LogP) is 1.88. The molecule has 4 bridgehead atoms. The summed E-state index contributed by atoms with van der Waals surface area (Å²) in [5.41, 5.74) is 5.22. The third-order valence-electron chi connectivity index (χ3n) is 4.48. The number of ether oxygens (including phenoxy) is 1. The highest BCUT2D eigenvalue weighted by Crippen LogP contribution is 2.57. The molecule has 4 fully saturated rings. The van der Waals surface area contributed by atoms with Crippen LogP contribution in [0.2, 0.25) is 0 Å². The first kappa shape index (κ1) is 12.2. The number of halogens is 1. The third kappa shape index (κ3) is 1.95. The fourth-order valence-corrected chi connectivity index (χ4v) is 4.44. The number of rotatable bonds is 2. The highest BCUT2D eigenvalue weighted by atomic mass is 35.5. The van der Waals surface area contributed by atoms with Crippen LogP contribution in [0.25, 0.3) is 0 Å². The summed E-state index contributed by atoms with van der Waals surface area (Å²) in [4.78, 5) is 11.3. The van der Waals surface area contributed by atoms with Crippen molar-refractivity contribution < 1.29 is 9.53 Å². The number of nitrogens with two attached hydrogens (primary N) is 1. The van der Waals surface area contributed by atoms with Gasteiger partial charge in [-0.05, 0) is 56.3 Å².